The van der Waals surface area contributed by atoms with Crippen LogP contribution in [0.5, 0.6) is 0 Å². The number of benzene rings is 1. The molecule has 0 radical (unpaired) electrons. The molecule has 3 aliphatic rings. The van der Waals surface area contributed by atoms with Crippen LogP contribution in [0.1, 0.15) is 37.0 Å². The Morgan fingerprint density at radius 3 is 2.15 bits per heavy atom. The van der Waals surface area contributed by atoms with Crippen LogP contribution in [-0.2, 0) is 9.53 Å². The van der Waals surface area contributed by atoms with Crippen LogP contribution in [0, 0.1) is 5.92 Å². The predicted molar refractivity (Wildman–Crippen MR) is 134 cm³/mol. The van der Waals surface area contributed by atoms with Gasteiger partial charge in [0.05, 0.1) is 23.9 Å². The van der Waals surface area contributed by atoms with E-state index in [1.54, 1.807) is 6.07 Å². The molecule has 0 aliphatic carbocycles. The van der Waals surface area contributed by atoms with Crippen LogP contribution in [0.25, 0.3) is 0 Å². The van der Waals surface area contributed by atoms with Gasteiger partial charge in [0.2, 0.25) is 5.91 Å². The summed E-state index contributed by atoms with van der Waals surface area (Å²) in [7, 11) is 0. The third kappa shape index (κ3) is 6.13. The van der Waals surface area contributed by atoms with Crippen molar-refractivity contribution in [2.75, 3.05) is 70.5 Å². The molecule has 1 aromatic carbocycles. The normalized spacial score (nSPS) is 20.7. The van der Waals surface area contributed by atoms with E-state index in [1.165, 1.54) is 0 Å². The van der Waals surface area contributed by atoms with E-state index in [0.717, 1.165) is 57.8 Å². The van der Waals surface area contributed by atoms with Crippen molar-refractivity contribution in [3.63, 3.8) is 0 Å². The van der Waals surface area contributed by atoms with Gasteiger partial charge in [-0.15, -0.1) is 12.4 Å². The highest BCUT2D eigenvalue weighted by Gasteiger charge is 2.31. The van der Waals surface area contributed by atoms with Crippen LogP contribution < -0.4 is 4.90 Å². The molecule has 0 bridgehead atoms. The Morgan fingerprint density at radius 1 is 0.939 bits per heavy atom. The second-order valence-corrected chi connectivity index (χ2v) is 9.69. The molecule has 1 aromatic rings. The predicted octanol–water partition coefficient (Wildman–Crippen LogP) is 3.00. The number of piperidine rings is 1. The smallest absolute Gasteiger partial charge is 0.254 e. The SMILES string of the molecule is CC(C)N1CCN(C(=O)C2CCN(c3ccc(C(=O)N4CCOCC4)cc3Cl)CC2)CC1.Cl. The number of halogens is 2. The molecule has 3 aliphatic heterocycles. The van der Waals surface area contributed by atoms with Gasteiger partial charge in [0.1, 0.15) is 0 Å². The van der Waals surface area contributed by atoms with Gasteiger partial charge in [-0.2, -0.15) is 0 Å². The molecule has 2 amide bonds. The lowest BCUT2D eigenvalue weighted by molar-refractivity contribution is -0.138. The molecule has 0 spiro atoms. The molecule has 7 nitrogen and oxygen atoms in total. The molecule has 3 fully saturated rings. The number of carbonyl (C=O) groups excluding carboxylic acids is 2. The van der Waals surface area contributed by atoms with Crippen molar-refractivity contribution in [2.24, 2.45) is 5.92 Å². The topological polar surface area (TPSA) is 56.3 Å². The van der Waals surface area contributed by atoms with Crippen molar-refractivity contribution in [1.29, 1.82) is 0 Å². The van der Waals surface area contributed by atoms with Gasteiger partial charge in [-0.25, -0.2) is 0 Å². The Morgan fingerprint density at radius 2 is 1.58 bits per heavy atom. The number of rotatable bonds is 4. The maximum atomic E-state index is 13.0. The van der Waals surface area contributed by atoms with Gasteiger partial charge in [-0.05, 0) is 44.9 Å². The van der Waals surface area contributed by atoms with Crippen molar-refractivity contribution in [3.05, 3.63) is 28.8 Å². The fraction of sp³-hybridized carbons (Fsp3) is 0.667. The number of morpholine rings is 1. The molecular formula is C24H36Cl2N4O3. The average molecular weight is 499 g/mol. The zero-order valence-corrected chi connectivity index (χ0v) is 21.2. The second-order valence-electron chi connectivity index (χ2n) is 9.29. The second kappa shape index (κ2) is 11.7. The van der Waals surface area contributed by atoms with Crippen molar-refractivity contribution in [3.8, 4) is 0 Å². The minimum absolute atomic E-state index is 0. The van der Waals surface area contributed by atoms with E-state index in [-0.39, 0.29) is 24.2 Å². The van der Waals surface area contributed by atoms with E-state index in [0.29, 0.717) is 48.8 Å². The Labute approximate surface area is 208 Å². The molecular weight excluding hydrogens is 463 g/mol. The van der Waals surface area contributed by atoms with Crippen molar-refractivity contribution in [1.82, 2.24) is 14.7 Å². The molecule has 4 rings (SSSR count). The van der Waals surface area contributed by atoms with Crippen molar-refractivity contribution in [2.45, 2.75) is 32.7 Å². The molecule has 33 heavy (non-hydrogen) atoms. The van der Waals surface area contributed by atoms with Gasteiger partial charge in [-0.1, -0.05) is 11.6 Å². The molecule has 0 unspecified atom stereocenters. The Bertz CT molecular complexity index is 816. The fourth-order valence-electron chi connectivity index (χ4n) is 4.93. The van der Waals surface area contributed by atoms with Gasteiger partial charge in [0, 0.05) is 69.9 Å². The molecule has 0 saturated carbocycles. The van der Waals surface area contributed by atoms with Gasteiger partial charge in [0.15, 0.2) is 0 Å². The first-order valence-electron chi connectivity index (χ1n) is 11.9. The first-order valence-corrected chi connectivity index (χ1v) is 12.3. The quantitative estimate of drug-likeness (QED) is 0.638. The van der Waals surface area contributed by atoms with Crippen molar-refractivity contribution < 1.29 is 14.3 Å². The maximum absolute atomic E-state index is 13.0. The highest BCUT2D eigenvalue weighted by Crippen LogP contribution is 2.31. The van der Waals surface area contributed by atoms with E-state index >= 15 is 0 Å². The number of nitrogens with zero attached hydrogens (tertiary/aromatic N) is 4. The molecule has 0 N–H and O–H groups in total. The summed E-state index contributed by atoms with van der Waals surface area (Å²) in [5, 5.41) is 0.596. The summed E-state index contributed by atoms with van der Waals surface area (Å²) in [4.78, 5) is 34.3. The summed E-state index contributed by atoms with van der Waals surface area (Å²) in [6.07, 6.45) is 1.68. The van der Waals surface area contributed by atoms with Gasteiger partial charge >= 0.3 is 0 Å². The van der Waals surface area contributed by atoms with Gasteiger partial charge < -0.3 is 19.4 Å². The monoisotopic (exact) mass is 498 g/mol. The van der Waals surface area contributed by atoms with Crippen LogP contribution in [0.3, 0.4) is 0 Å². The Kier molecular flexibility index (Phi) is 9.27. The molecule has 9 heteroatoms. The Balaban J connectivity index is 0.00000306. The number of amides is 2. The van der Waals surface area contributed by atoms with Crippen LogP contribution in [0.2, 0.25) is 5.02 Å². The Hall–Kier alpha value is -1.54. The van der Waals surface area contributed by atoms with E-state index in [9.17, 15) is 9.59 Å². The van der Waals surface area contributed by atoms with E-state index in [1.807, 2.05) is 17.0 Å². The first kappa shape index (κ1) is 26.1. The molecule has 0 aromatic heterocycles. The number of ether oxygens (including phenoxy) is 1. The van der Waals surface area contributed by atoms with Crippen LogP contribution in [-0.4, -0.2) is 98.1 Å². The fourth-order valence-corrected chi connectivity index (χ4v) is 5.23. The van der Waals surface area contributed by atoms with E-state index in [2.05, 4.69) is 28.5 Å². The largest absolute Gasteiger partial charge is 0.378 e. The molecule has 3 heterocycles. The van der Waals surface area contributed by atoms with Crippen LogP contribution >= 0.6 is 24.0 Å². The molecule has 0 atom stereocenters. The summed E-state index contributed by atoms with van der Waals surface area (Å²) in [6.45, 7) is 12.0. The molecule has 3 saturated heterocycles. The lowest BCUT2D eigenvalue weighted by Crippen LogP contribution is -2.53. The lowest BCUT2D eigenvalue weighted by atomic mass is 9.94. The summed E-state index contributed by atoms with van der Waals surface area (Å²) in [5.74, 6) is 0.409. The summed E-state index contributed by atoms with van der Waals surface area (Å²) >= 11 is 6.59. The summed E-state index contributed by atoms with van der Waals surface area (Å²) in [5.41, 5.74) is 1.56. The minimum Gasteiger partial charge on any atom is -0.378 e. The molecule has 184 valence electrons. The average Bonchev–Trinajstić information content (AvgIpc) is 2.84. The third-order valence-corrected chi connectivity index (χ3v) is 7.34. The summed E-state index contributed by atoms with van der Waals surface area (Å²) in [6, 6.07) is 6.13. The van der Waals surface area contributed by atoms with Crippen molar-refractivity contribution >= 4 is 41.5 Å². The van der Waals surface area contributed by atoms with Crippen LogP contribution in [0.15, 0.2) is 18.2 Å². The number of carbonyl (C=O) groups is 2. The highest BCUT2D eigenvalue weighted by molar-refractivity contribution is 6.33. The third-order valence-electron chi connectivity index (χ3n) is 7.03. The standard InChI is InChI=1S/C24H35ClN4O3.ClH/c1-18(2)26-9-11-28(12-10-26)23(30)19-5-7-27(8-6-19)22-4-3-20(17-21(22)25)24(31)29-13-15-32-16-14-29;/h3-4,17-19H,5-16H2,1-2H3;1H. The van der Waals surface area contributed by atoms with E-state index in [4.69, 9.17) is 16.3 Å². The number of hydrogen-bond donors (Lipinski definition) is 0. The summed E-state index contributed by atoms with van der Waals surface area (Å²) < 4.78 is 5.33. The highest BCUT2D eigenvalue weighted by atomic mass is 35.5. The van der Waals surface area contributed by atoms with E-state index < -0.39 is 0 Å². The number of piperazine rings is 1. The van der Waals surface area contributed by atoms with Crippen LogP contribution in [0.4, 0.5) is 5.69 Å². The zero-order valence-electron chi connectivity index (χ0n) is 19.7. The number of hydrogen-bond acceptors (Lipinski definition) is 5. The number of anilines is 1. The maximum Gasteiger partial charge on any atom is 0.254 e. The lowest BCUT2D eigenvalue weighted by Gasteiger charge is -2.40. The van der Waals surface area contributed by atoms with Gasteiger partial charge in [0.25, 0.3) is 5.91 Å². The zero-order chi connectivity index (χ0) is 22.7. The minimum atomic E-state index is 0. The first-order chi connectivity index (χ1) is 15.4. The van der Waals surface area contributed by atoms with Gasteiger partial charge in [-0.3, -0.25) is 14.5 Å².